The Morgan fingerprint density at radius 2 is 2.10 bits per heavy atom. The fourth-order valence-electron chi connectivity index (χ4n) is 2.45. The van der Waals surface area contributed by atoms with Gasteiger partial charge in [0.1, 0.15) is 6.54 Å². The van der Waals surface area contributed by atoms with Gasteiger partial charge in [-0.1, -0.05) is 6.07 Å². The summed E-state index contributed by atoms with van der Waals surface area (Å²) in [6, 6.07) is 8.23. The lowest BCUT2D eigenvalue weighted by atomic mass is 10.2. The zero-order chi connectivity index (χ0) is 13.8. The molecule has 1 aliphatic heterocycles. The zero-order valence-electron chi connectivity index (χ0n) is 11.3. The molecule has 106 valence electrons. The summed E-state index contributed by atoms with van der Waals surface area (Å²) in [5, 5.41) is 2.69. The predicted molar refractivity (Wildman–Crippen MR) is 85.1 cm³/mol. The highest BCUT2D eigenvalue weighted by atomic mass is 32.2. The van der Waals surface area contributed by atoms with E-state index in [9.17, 15) is 4.79 Å². The van der Waals surface area contributed by atoms with Crippen LogP contribution >= 0.6 is 23.1 Å². The van der Waals surface area contributed by atoms with Gasteiger partial charge in [0.25, 0.3) is 0 Å². The summed E-state index contributed by atoms with van der Waals surface area (Å²) in [4.78, 5) is 15.8. The normalized spacial score (nSPS) is 19.8. The van der Waals surface area contributed by atoms with Crippen LogP contribution in [-0.2, 0) is 11.3 Å². The van der Waals surface area contributed by atoms with Crippen molar-refractivity contribution in [1.82, 2.24) is 9.47 Å². The highest BCUT2D eigenvalue weighted by Crippen LogP contribution is 2.36. The molecule has 1 aliphatic rings. The number of rotatable bonds is 3. The summed E-state index contributed by atoms with van der Waals surface area (Å²) in [7, 11) is 0. The maximum Gasteiger partial charge on any atom is 0.242 e. The van der Waals surface area contributed by atoms with E-state index in [0.29, 0.717) is 11.8 Å². The van der Waals surface area contributed by atoms with Crippen molar-refractivity contribution in [2.24, 2.45) is 0 Å². The molecule has 1 fully saturated rings. The third-order valence-corrected chi connectivity index (χ3v) is 5.98. The second-order valence-corrected chi connectivity index (χ2v) is 7.19. The number of nitrogens with zero attached hydrogens (tertiary/aromatic N) is 2. The van der Waals surface area contributed by atoms with Crippen LogP contribution < -0.4 is 0 Å². The van der Waals surface area contributed by atoms with Gasteiger partial charge < -0.3 is 9.47 Å². The third kappa shape index (κ3) is 3.27. The molecule has 3 rings (SSSR count). The maximum atomic E-state index is 12.3. The quantitative estimate of drug-likeness (QED) is 0.869. The first-order valence-corrected chi connectivity index (χ1v) is 8.79. The maximum absolute atomic E-state index is 12.3. The lowest BCUT2D eigenvalue weighted by Crippen LogP contribution is -2.35. The Labute approximate surface area is 127 Å². The lowest BCUT2D eigenvalue weighted by Gasteiger charge is -2.20. The van der Waals surface area contributed by atoms with E-state index < -0.39 is 0 Å². The largest absolute Gasteiger partial charge is 0.345 e. The van der Waals surface area contributed by atoms with Crippen LogP contribution in [0.2, 0.25) is 0 Å². The summed E-state index contributed by atoms with van der Waals surface area (Å²) in [6.45, 7) is 2.20. The van der Waals surface area contributed by atoms with Crippen molar-refractivity contribution in [1.29, 1.82) is 0 Å². The highest BCUT2D eigenvalue weighted by Gasteiger charge is 2.22. The average Bonchev–Trinajstić information content (AvgIpc) is 3.09. The number of carbonyl (C=O) groups excluding carboxylic acids is 1. The number of thioether (sulfide) groups is 1. The molecule has 2 aromatic heterocycles. The predicted octanol–water partition coefficient (Wildman–Crippen LogP) is 3.26. The van der Waals surface area contributed by atoms with Crippen molar-refractivity contribution in [3.63, 3.8) is 0 Å². The van der Waals surface area contributed by atoms with Gasteiger partial charge in [-0.25, -0.2) is 0 Å². The van der Waals surface area contributed by atoms with E-state index in [1.165, 1.54) is 4.88 Å². The Morgan fingerprint density at radius 1 is 1.25 bits per heavy atom. The van der Waals surface area contributed by atoms with Crippen LogP contribution in [0.15, 0.2) is 42.0 Å². The molecule has 0 saturated carbocycles. The molecule has 0 unspecified atom stereocenters. The minimum Gasteiger partial charge on any atom is -0.345 e. The minimum atomic E-state index is 0.230. The average molecular weight is 306 g/mol. The molecule has 0 spiro atoms. The first kappa shape index (κ1) is 13.8. The van der Waals surface area contributed by atoms with Crippen LogP contribution in [0.5, 0.6) is 0 Å². The Morgan fingerprint density at radius 3 is 2.85 bits per heavy atom. The number of thiophene rings is 1. The first-order valence-electron chi connectivity index (χ1n) is 6.86. The Balaban J connectivity index is 1.58. The lowest BCUT2D eigenvalue weighted by molar-refractivity contribution is -0.131. The van der Waals surface area contributed by atoms with Crippen molar-refractivity contribution >= 4 is 29.0 Å². The Bertz CT molecular complexity index is 536. The van der Waals surface area contributed by atoms with Gasteiger partial charge in [-0.3, -0.25) is 4.79 Å². The number of hydrogen-bond acceptors (Lipinski definition) is 3. The van der Waals surface area contributed by atoms with Crippen LogP contribution in [0.25, 0.3) is 0 Å². The van der Waals surface area contributed by atoms with Crippen LogP contribution in [-0.4, -0.2) is 34.2 Å². The molecule has 1 saturated heterocycles. The van der Waals surface area contributed by atoms with Crippen LogP contribution in [0.4, 0.5) is 0 Å². The van der Waals surface area contributed by atoms with E-state index >= 15 is 0 Å². The van der Waals surface area contributed by atoms with Gasteiger partial charge in [0.05, 0.1) is 0 Å². The number of carbonyl (C=O) groups is 1. The molecule has 0 bridgehead atoms. The van der Waals surface area contributed by atoms with Crippen molar-refractivity contribution in [2.45, 2.75) is 18.2 Å². The van der Waals surface area contributed by atoms with Gasteiger partial charge in [0.2, 0.25) is 5.91 Å². The fraction of sp³-hybridized carbons (Fsp3) is 0.400. The Hall–Kier alpha value is -1.20. The molecule has 3 heterocycles. The SMILES string of the molecule is O=C(Cn1cccc1)N1CCS[C@H](c2cccs2)CC1. The van der Waals surface area contributed by atoms with E-state index in [1.807, 2.05) is 57.1 Å². The van der Waals surface area contributed by atoms with Crippen LogP contribution in [0, 0.1) is 0 Å². The minimum absolute atomic E-state index is 0.230. The molecule has 20 heavy (non-hydrogen) atoms. The molecule has 0 N–H and O–H groups in total. The summed E-state index contributed by atoms with van der Waals surface area (Å²) >= 11 is 3.80. The standard InChI is InChI=1S/C15H18N2OS2/c18-15(12-16-6-1-2-7-16)17-8-5-14(20-11-9-17)13-4-3-10-19-13/h1-4,6-7,10,14H,5,8-9,11-12H2/t14-/m0/s1. The summed E-state index contributed by atoms with van der Waals surface area (Å²) in [6.07, 6.45) is 4.94. The van der Waals surface area contributed by atoms with E-state index in [4.69, 9.17) is 0 Å². The van der Waals surface area contributed by atoms with E-state index in [0.717, 1.165) is 25.3 Å². The molecule has 0 aromatic carbocycles. The summed E-state index contributed by atoms with van der Waals surface area (Å²) in [5.74, 6) is 1.26. The number of amides is 1. The van der Waals surface area contributed by atoms with Gasteiger partial charge in [-0.2, -0.15) is 11.8 Å². The summed E-state index contributed by atoms with van der Waals surface area (Å²) in [5.41, 5.74) is 0. The van der Waals surface area contributed by atoms with Gasteiger partial charge in [0.15, 0.2) is 0 Å². The van der Waals surface area contributed by atoms with Gasteiger partial charge in [-0.05, 0) is 30.0 Å². The topological polar surface area (TPSA) is 25.2 Å². The van der Waals surface area contributed by atoms with E-state index in [-0.39, 0.29) is 5.91 Å². The monoisotopic (exact) mass is 306 g/mol. The molecular formula is C15H18N2OS2. The van der Waals surface area contributed by atoms with Crippen molar-refractivity contribution in [2.75, 3.05) is 18.8 Å². The molecule has 5 heteroatoms. The molecule has 0 aliphatic carbocycles. The smallest absolute Gasteiger partial charge is 0.242 e. The van der Waals surface area contributed by atoms with Gasteiger partial charge in [-0.15, -0.1) is 11.3 Å². The second-order valence-electron chi connectivity index (χ2n) is 4.90. The number of aromatic nitrogens is 1. The zero-order valence-corrected chi connectivity index (χ0v) is 12.9. The van der Waals surface area contributed by atoms with E-state index in [2.05, 4.69) is 17.5 Å². The summed E-state index contributed by atoms with van der Waals surface area (Å²) < 4.78 is 1.94. The molecule has 3 nitrogen and oxygen atoms in total. The fourth-order valence-corrected chi connectivity index (χ4v) is 4.69. The third-order valence-electron chi connectivity index (χ3n) is 3.54. The molecular weight excluding hydrogens is 288 g/mol. The van der Waals surface area contributed by atoms with Gasteiger partial charge in [0, 0.05) is 41.4 Å². The Kier molecular flexibility index (Phi) is 4.47. The molecule has 1 atom stereocenters. The molecule has 2 aromatic rings. The van der Waals surface area contributed by atoms with Crippen LogP contribution in [0.1, 0.15) is 16.5 Å². The molecule has 1 amide bonds. The van der Waals surface area contributed by atoms with Crippen molar-refractivity contribution < 1.29 is 4.79 Å². The number of hydrogen-bond donors (Lipinski definition) is 0. The first-order chi connectivity index (χ1) is 9.83. The van der Waals surface area contributed by atoms with Crippen LogP contribution in [0.3, 0.4) is 0 Å². The van der Waals surface area contributed by atoms with Crippen molar-refractivity contribution in [3.8, 4) is 0 Å². The van der Waals surface area contributed by atoms with E-state index in [1.54, 1.807) is 0 Å². The van der Waals surface area contributed by atoms with Crippen molar-refractivity contribution in [3.05, 3.63) is 46.9 Å². The molecule has 0 radical (unpaired) electrons. The highest BCUT2D eigenvalue weighted by molar-refractivity contribution is 7.99. The second kappa shape index (κ2) is 6.50. The van der Waals surface area contributed by atoms with Gasteiger partial charge >= 0.3 is 0 Å².